The third kappa shape index (κ3) is 7.90. The average Bonchev–Trinajstić information content (AvgIpc) is 2.95. The number of benzene rings is 4. The summed E-state index contributed by atoms with van der Waals surface area (Å²) in [5.74, 6) is 0. The van der Waals surface area contributed by atoms with Gasteiger partial charge < -0.3 is 0 Å². The van der Waals surface area contributed by atoms with Gasteiger partial charge in [0.05, 0.1) is 11.4 Å². The van der Waals surface area contributed by atoms with E-state index in [4.69, 9.17) is 10.2 Å². The van der Waals surface area contributed by atoms with Crippen molar-refractivity contribution in [1.82, 2.24) is 0 Å². The summed E-state index contributed by atoms with van der Waals surface area (Å²) in [6, 6.07) is 42.3. The molecule has 0 aliphatic carbocycles. The Kier molecular flexibility index (Phi) is 9.56. The number of para-hydroxylation sites is 2. The zero-order valence-corrected chi connectivity index (χ0v) is 26.8. The van der Waals surface area contributed by atoms with Crippen molar-refractivity contribution in [2.75, 3.05) is 9.35 Å². The molecule has 0 N–H and O–H groups in total. The number of hydrogen-bond acceptors (Lipinski definition) is 4. The molecule has 0 saturated heterocycles. The lowest BCUT2D eigenvalue weighted by Crippen LogP contribution is -2.43. The number of hydrazone groups is 2. The summed E-state index contributed by atoms with van der Waals surface area (Å²) in [5.41, 5.74) is 6.74. The first kappa shape index (κ1) is 29.2. The van der Waals surface area contributed by atoms with Gasteiger partial charge in [-0.2, -0.15) is 10.2 Å². The monoisotopic (exact) mass is 562 g/mol. The molecule has 0 radical (unpaired) electrons. The maximum atomic E-state index is 5.39. The molecule has 0 spiro atoms. The highest BCUT2D eigenvalue weighted by atomic mass is 28.3. The lowest BCUT2D eigenvalue weighted by Gasteiger charge is -2.33. The molecule has 0 aromatic heterocycles. The van der Waals surface area contributed by atoms with Crippen LogP contribution in [0.25, 0.3) is 0 Å². The van der Waals surface area contributed by atoms with Gasteiger partial charge in [-0.3, -0.25) is 9.35 Å². The molecule has 0 atom stereocenters. The quantitative estimate of drug-likeness (QED) is 0.104. The van der Waals surface area contributed by atoms with E-state index < -0.39 is 16.5 Å². The molecule has 0 bridgehead atoms. The molecule has 0 aliphatic rings. The number of hydrogen-bond donors (Lipinski definition) is 0. The van der Waals surface area contributed by atoms with Gasteiger partial charge in [0.25, 0.3) is 0 Å². The van der Waals surface area contributed by atoms with E-state index in [9.17, 15) is 0 Å². The fraction of sp³-hybridized carbons (Fsp3) is 0.235. The second-order valence-electron chi connectivity index (χ2n) is 12.0. The van der Waals surface area contributed by atoms with E-state index in [2.05, 4.69) is 170 Å². The van der Waals surface area contributed by atoms with Crippen LogP contribution in [-0.4, -0.2) is 27.9 Å². The minimum Gasteiger partial charge on any atom is -0.295 e. The van der Waals surface area contributed by atoms with Gasteiger partial charge in [-0.15, -0.1) is 0 Å². The SMILES string of the molecule is C[Si](C)(C)N(N=C(CCC(=NN(c1ccccc1)[Si](C)(C)C)c1ccccc1)c1ccccc1)c1ccccc1. The molecule has 0 unspecified atom stereocenters. The van der Waals surface area contributed by atoms with Crippen molar-refractivity contribution in [3.8, 4) is 0 Å². The van der Waals surface area contributed by atoms with Crippen LogP contribution in [0.5, 0.6) is 0 Å². The lowest BCUT2D eigenvalue weighted by molar-refractivity contribution is 1.04. The largest absolute Gasteiger partial charge is 0.295 e. The molecule has 0 amide bonds. The highest BCUT2D eigenvalue weighted by Gasteiger charge is 2.27. The van der Waals surface area contributed by atoms with Crippen LogP contribution in [0.4, 0.5) is 11.4 Å². The van der Waals surface area contributed by atoms with E-state index in [0.29, 0.717) is 0 Å². The van der Waals surface area contributed by atoms with Gasteiger partial charge in [-0.25, -0.2) is 0 Å². The molecule has 4 aromatic carbocycles. The van der Waals surface area contributed by atoms with Crippen LogP contribution < -0.4 is 9.35 Å². The van der Waals surface area contributed by atoms with Gasteiger partial charge in [-0.1, -0.05) is 97.1 Å². The fourth-order valence-corrected chi connectivity index (χ4v) is 7.26. The molecule has 206 valence electrons. The number of nitrogens with zero attached hydrogens (tertiary/aromatic N) is 4. The van der Waals surface area contributed by atoms with Gasteiger partial charge in [0.2, 0.25) is 0 Å². The zero-order valence-electron chi connectivity index (χ0n) is 24.8. The van der Waals surface area contributed by atoms with E-state index in [0.717, 1.165) is 46.8 Å². The molecule has 0 heterocycles. The van der Waals surface area contributed by atoms with E-state index in [1.807, 2.05) is 0 Å². The number of rotatable bonds is 11. The molecular weight excluding hydrogens is 521 g/mol. The molecule has 0 fully saturated rings. The van der Waals surface area contributed by atoms with Crippen LogP contribution in [-0.2, 0) is 0 Å². The minimum atomic E-state index is -1.83. The van der Waals surface area contributed by atoms with Crippen LogP contribution in [0.2, 0.25) is 39.3 Å². The second-order valence-corrected chi connectivity index (χ2v) is 21.5. The fourth-order valence-electron chi connectivity index (χ4n) is 4.57. The first-order chi connectivity index (χ1) is 19.1. The average molecular weight is 563 g/mol. The van der Waals surface area contributed by atoms with Crippen molar-refractivity contribution < 1.29 is 0 Å². The lowest BCUT2D eigenvalue weighted by atomic mass is 10.0. The molecule has 0 saturated carbocycles. The summed E-state index contributed by atoms with van der Waals surface area (Å²) in [6.07, 6.45) is 1.56. The first-order valence-electron chi connectivity index (χ1n) is 14.1. The Hall–Kier alpha value is -3.75. The highest BCUT2D eigenvalue weighted by Crippen LogP contribution is 2.26. The Morgan fingerprint density at radius 3 is 1.00 bits per heavy atom. The van der Waals surface area contributed by atoms with Crippen LogP contribution in [0.3, 0.4) is 0 Å². The summed E-state index contributed by atoms with van der Waals surface area (Å²) in [5, 5.41) is 10.8. The van der Waals surface area contributed by atoms with E-state index >= 15 is 0 Å². The predicted molar refractivity (Wildman–Crippen MR) is 180 cm³/mol. The number of anilines is 2. The highest BCUT2D eigenvalue weighted by molar-refractivity contribution is 6.80. The minimum absolute atomic E-state index is 0.778. The Bertz CT molecular complexity index is 1280. The molecular formula is C34H42N4Si2. The normalized spacial score (nSPS) is 12.8. The van der Waals surface area contributed by atoms with Crippen molar-refractivity contribution in [3.05, 3.63) is 132 Å². The molecule has 6 heteroatoms. The summed E-state index contributed by atoms with van der Waals surface area (Å²) >= 11 is 0. The second kappa shape index (κ2) is 13.1. The van der Waals surface area contributed by atoms with E-state index in [1.54, 1.807) is 0 Å². The Balaban J connectivity index is 1.78. The Morgan fingerprint density at radius 2 is 0.725 bits per heavy atom. The summed E-state index contributed by atoms with van der Waals surface area (Å²) < 4.78 is 4.57. The van der Waals surface area contributed by atoms with Gasteiger partial charge in [0, 0.05) is 11.4 Å². The zero-order chi connectivity index (χ0) is 28.6. The maximum absolute atomic E-state index is 5.39. The molecule has 4 nitrogen and oxygen atoms in total. The van der Waals surface area contributed by atoms with Crippen LogP contribution in [0.15, 0.2) is 132 Å². The standard InChI is InChI=1S/C34H42N4Si2/c1-39(2,3)37(31-23-15-9-16-24-31)35-33(29-19-11-7-12-20-29)27-28-34(30-21-13-8-14-22-30)36-38(40(4,5)6)32-25-17-10-18-26-32/h7-26H,27-28H2,1-6H3. The van der Waals surface area contributed by atoms with E-state index in [-0.39, 0.29) is 0 Å². The van der Waals surface area contributed by atoms with E-state index in [1.165, 1.54) is 0 Å². The van der Waals surface area contributed by atoms with Crippen LogP contribution >= 0.6 is 0 Å². The van der Waals surface area contributed by atoms with Crippen molar-refractivity contribution in [3.63, 3.8) is 0 Å². The third-order valence-electron chi connectivity index (χ3n) is 6.53. The van der Waals surface area contributed by atoms with Crippen molar-refractivity contribution >= 4 is 39.3 Å². The maximum Gasteiger partial charge on any atom is 0.176 e. The Morgan fingerprint density at radius 1 is 0.450 bits per heavy atom. The van der Waals surface area contributed by atoms with Crippen molar-refractivity contribution in [2.24, 2.45) is 10.2 Å². The predicted octanol–water partition coefficient (Wildman–Crippen LogP) is 9.26. The van der Waals surface area contributed by atoms with Gasteiger partial charge in [0.1, 0.15) is 0 Å². The van der Waals surface area contributed by atoms with Crippen molar-refractivity contribution in [1.29, 1.82) is 0 Å². The summed E-state index contributed by atoms with van der Waals surface area (Å²) in [7, 11) is -3.65. The Labute approximate surface area is 242 Å². The molecule has 40 heavy (non-hydrogen) atoms. The molecule has 4 rings (SSSR count). The molecule has 0 aliphatic heterocycles. The van der Waals surface area contributed by atoms with Crippen LogP contribution in [0, 0.1) is 0 Å². The van der Waals surface area contributed by atoms with Crippen LogP contribution in [0.1, 0.15) is 24.0 Å². The summed E-state index contributed by atoms with van der Waals surface area (Å²) in [4.78, 5) is 0. The molecule has 4 aromatic rings. The van der Waals surface area contributed by atoms with Gasteiger partial charge in [-0.05, 0) is 87.5 Å². The van der Waals surface area contributed by atoms with Gasteiger partial charge in [0.15, 0.2) is 16.5 Å². The first-order valence-corrected chi connectivity index (χ1v) is 21.0. The van der Waals surface area contributed by atoms with Gasteiger partial charge >= 0.3 is 0 Å². The topological polar surface area (TPSA) is 31.2 Å². The summed E-state index contributed by atoms with van der Waals surface area (Å²) in [6.45, 7) is 14.1. The van der Waals surface area contributed by atoms with Crippen molar-refractivity contribution in [2.45, 2.75) is 52.1 Å². The smallest absolute Gasteiger partial charge is 0.176 e. The third-order valence-corrected chi connectivity index (χ3v) is 9.78.